The van der Waals surface area contributed by atoms with Gasteiger partial charge in [0.25, 0.3) is 5.91 Å². The van der Waals surface area contributed by atoms with E-state index >= 15 is 0 Å². The van der Waals surface area contributed by atoms with Crippen molar-refractivity contribution >= 4 is 46.8 Å². The molecule has 6 nitrogen and oxygen atoms in total. The van der Waals surface area contributed by atoms with Crippen LogP contribution in [0.4, 0.5) is 10.5 Å². The van der Waals surface area contributed by atoms with Gasteiger partial charge in [0.1, 0.15) is 11.8 Å². The maximum absolute atomic E-state index is 13.0. The summed E-state index contributed by atoms with van der Waals surface area (Å²) in [7, 11) is 1.56. The highest BCUT2D eigenvalue weighted by molar-refractivity contribution is 6.42. The molecular formula is C22H22Cl2N2O4. The summed E-state index contributed by atoms with van der Waals surface area (Å²) < 4.78 is 5.33. The largest absolute Gasteiger partial charge is 0.427 e. The fraction of sp³-hybridized carbons (Fsp3) is 0.318. The molecule has 3 rings (SSSR count). The first kappa shape index (κ1) is 22.1. The van der Waals surface area contributed by atoms with E-state index in [1.807, 2.05) is 0 Å². The van der Waals surface area contributed by atoms with Crippen molar-refractivity contribution in [3.8, 4) is 5.75 Å². The predicted octanol–water partition coefficient (Wildman–Crippen LogP) is 5.62. The van der Waals surface area contributed by atoms with Gasteiger partial charge in [-0.3, -0.25) is 9.59 Å². The van der Waals surface area contributed by atoms with Crippen molar-refractivity contribution in [2.45, 2.75) is 38.6 Å². The quantitative estimate of drug-likeness (QED) is 0.238. The van der Waals surface area contributed by atoms with Gasteiger partial charge in [-0.2, -0.15) is 0 Å². The van der Waals surface area contributed by atoms with E-state index in [-0.39, 0.29) is 11.0 Å². The minimum atomic E-state index is -0.791. The van der Waals surface area contributed by atoms with Crippen LogP contribution in [0, 0.1) is 0 Å². The van der Waals surface area contributed by atoms with Gasteiger partial charge in [0.15, 0.2) is 0 Å². The van der Waals surface area contributed by atoms with Gasteiger partial charge in [-0.05, 0) is 42.3 Å². The van der Waals surface area contributed by atoms with E-state index in [1.54, 1.807) is 37.4 Å². The molecule has 2 aromatic carbocycles. The molecule has 0 aliphatic carbocycles. The van der Waals surface area contributed by atoms with Gasteiger partial charge in [-0.25, -0.2) is 9.69 Å². The lowest BCUT2D eigenvalue weighted by Gasteiger charge is -2.16. The maximum atomic E-state index is 13.0. The Morgan fingerprint density at radius 2 is 1.73 bits per heavy atom. The SMILES string of the molecule is CCCCCC(=O)Oc1ccc(C2C(=O)N(c3ccc(Cl)c(Cl)c3)C(=O)N2C)cc1. The third-order valence-corrected chi connectivity index (χ3v) is 5.65. The number of unbranched alkanes of at least 4 members (excludes halogenated alkanes) is 2. The average molecular weight is 449 g/mol. The van der Waals surface area contributed by atoms with Crippen LogP contribution in [0.2, 0.25) is 10.0 Å². The van der Waals surface area contributed by atoms with Crippen molar-refractivity contribution in [3.05, 3.63) is 58.1 Å². The molecule has 158 valence electrons. The zero-order chi connectivity index (χ0) is 21.8. The predicted molar refractivity (Wildman–Crippen MR) is 116 cm³/mol. The van der Waals surface area contributed by atoms with Gasteiger partial charge in [0, 0.05) is 13.5 Å². The molecule has 0 aromatic heterocycles. The zero-order valence-corrected chi connectivity index (χ0v) is 18.2. The van der Waals surface area contributed by atoms with Gasteiger partial charge in [-0.15, -0.1) is 0 Å². The molecule has 0 N–H and O–H groups in total. The summed E-state index contributed by atoms with van der Waals surface area (Å²) in [6, 6.07) is 9.95. The molecule has 1 saturated heterocycles. The molecule has 0 spiro atoms. The second kappa shape index (κ2) is 9.49. The maximum Gasteiger partial charge on any atom is 0.332 e. The number of likely N-dealkylation sites (N-methyl/N-ethyl adjacent to an activating group) is 1. The summed E-state index contributed by atoms with van der Waals surface area (Å²) in [6.45, 7) is 2.07. The van der Waals surface area contributed by atoms with Crippen LogP contribution in [0.15, 0.2) is 42.5 Å². The number of esters is 1. The monoisotopic (exact) mass is 448 g/mol. The van der Waals surface area contributed by atoms with E-state index in [2.05, 4.69) is 6.92 Å². The number of ether oxygens (including phenoxy) is 1. The summed E-state index contributed by atoms with van der Waals surface area (Å²) in [5.41, 5.74) is 0.968. The smallest absolute Gasteiger partial charge is 0.332 e. The van der Waals surface area contributed by atoms with Crippen molar-refractivity contribution < 1.29 is 19.1 Å². The van der Waals surface area contributed by atoms with Crippen LogP contribution in [0.5, 0.6) is 5.75 Å². The van der Waals surface area contributed by atoms with E-state index in [9.17, 15) is 14.4 Å². The van der Waals surface area contributed by atoms with Crippen LogP contribution in [0.25, 0.3) is 0 Å². The summed E-state index contributed by atoms with van der Waals surface area (Å²) >= 11 is 12.0. The summed E-state index contributed by atoms with van der Waals surface area (Å²) in [5.74, 6) is -0.280. The molecule has 3 amide bonds. The lowest BCUT2D eigenvalue weighted by molar-refractivity contribution is -0.134. The van der Waals surface area contributed by atoms with Gasteiger partial charge < -0.3 is 9.64 Å². The van der Waals surface area contributed by atoms with Crippen LogP contribution < -0.4 is 9.64 Å². The minimum Gasteiger partial charge on any atom is -0.427 e. The van der Waals surface area contributed by atoms with Crippen LogP contribution in [0.1, 0.15) is 44.2 Å². The van der Waals surface area contributed by atoms with Crippen LogP contribution in [-0.2, 0) is 9.59 Å². The molecule has 0 radical (unpaired) electrons. The summed E-state index contributed by atoms with van der Waals surface area (Å²) in [5, 5.41) is 0.593. The Hall–Kier alpha value is -2.57. The molecule has 30 heavy (non-hydrogen) atoms. The normalized spacial score (nSPS) is 16.3. The molecule has 0 saturated carbocycles. The highest BCUT2D eigenvalue weighted by atomic mass is 35.5. The number of amides is 3. The Balaban J connectivity index is 1.75. The lowest BCUT2D eigenvalue weighted by atomic mass is 10.1. The highest BCUT2D eigenvalue weighted by Gasteiger charge is 2.44. The molecule has 1 aliphatic rings. The molecule has 1 unspecified atom stereocenters. The molecule has 1 atom stereocenters. The van der Waals surface area contributed by atoms with E-state index < -0.39 is 18.0 Å². The number of anilines is 1. The van der Waals surface area contributed by atoms with Gasteiger partial charge in [0.05, 0.1) is 15.7 Å². The van der Waals surface area contributed by atoms with Crippen molar-refractivity contribution in [2.75, 3.05) is 11.9 Å². The van der Waals surface area contributed by atoms with Crippen molar-refractivity contribution in [1.82, 2.24) is 4.90 Å². The number of halogens is 2. The topological polar surface area (TPSA) is 66.9 Å². The minimum absolute atomic E-state index is 0.256. The highest BCUT2D eigenvalue weighted by Crippen LogP contribution is 2.36. The fourth-order valence-electron chi connectivity index (χ4n) is 3.30. The first-order valence-electron chi connectivity index (χ1n) is 9.70. The van der Waals surface area contributed by atoms with Crippen LogP contribution in [0.3, 0.4) is 0 Å². The number of rotatable bonds is 7. The number of hydrogen-bond acceptors (Lipinski definition) is 4. The van der Waals surface area contributed by atoms with Crippen LogP contribution >= 0.6 is 23.2 Å². The molecule has 1 fully saturated rings. The van der Waals surface area contributed by atoms with E-state index in [4.69, 9.17) is 27.9 Å². The van der Waals surface area contributed by atoms with E-state index in [1.165, 1.54) is 17.0 Å². The Bertz CT molecular complexity index is 962. The average Bonchev–Trinajstić information content (AvgIpc) is 2.94. The number of benzene rings is 2. The molecular weight excluding hydrogens is 427 g/mol. The van der Waals surface area contributed by atoms with Crippen molar-refractivity contribution in [1.29, 1.82) is 0 Å². The Morgan fingerprint density at radius 3 is 2.37 bits per heavy atom. The molecule has 1 aliphatic heterocycles. The van der Waals surface area contributed by atoms with E-state index in [0.717, 1.165) is 24.2 Å². The Labute approximate surface area is 185 Å². The van der Waals surface area contributed by atoms with Crippen LogP contribution in [-0.4, -0.2) is 29.9 Å². The molecule has 0 bridgehead atoms. The number of hydrogen-bond donors (Lipinski definition) is 0. The fourth-order valence-corrected chi connectivity index (χ4v) is 3.59. The number of imide groups is 1. The number of nitrogens with zero attached hydrogens (tertiary/aromatic N) is 2. The first-order valence-corrected chi connectivity index (χ1v) is 10.5. The summed E-state index contributed by atoms with van der Waals surface area (Å²) in [6.07, 6.45) is 3.17. The number of urea groups is 1. The standard InChI is InChI=1S/C22H22Cl2N2O4/c1-3-4-5-6-19(27)30-16-10-7-14(8-11-16)20-21(28)26(22(29)25(20)2)15-9-12-17(23)18(24)13-15/h7-13,20H,3-6H2,1-2H3. The van der Waals surface area contributed by atoms with Gasteiger partial charge >= 0.3 is 12.0 Å². The first-order chi connectivity index (χ1) is 14.3. The lowest BCUT2D eigenvalue weighted by Crippen LogP contribution is -2.31. The second-order valence-electron chi connectivity index (χ2n) is 7.07. The van der Waals surface area contributed by atoms with Crippen molar-refractivity contribution in [2.24, 2.45) is 0 Å². The van der Waals surface area contributed by atoms with Crippen molar-refractivity contribution in [3.63, 3.8) is 0 Å². The third-order valence-electron chi connectivity index (χ3n) is 4.91. The summed E-state index contributed by atoms with van der Waals surface area (Å²) in [4.78, 5) is 40.1. The Morgan fingerprint density at radius 1 is 1.03 bits per heavy atom. The van der Waals surface area contributed by atoms with Gasteiger partial charge in [0.2, 0.25) is 0 Å². The van der Waals surface area contributed by atoms with Gasteiger partial charge in [-0.1, -0.05) is 55.1 Å². The number of carbonyl (C=O) groups is 3. The van der Waals surface area contributed by atoms with E-state index in [0.29, 0.717) is 28.4 Å². The third kappa shape index (κ3) is 4.60. The molecule has 2 aromatic rings. The molecule has 1 heterocycles. The number of carbonyl (C=O) groups excluding carboxylic acids is 3. The second-order valence-corrected chi connectivity index (χ2v) is 7.88. The zero-order valence-electron chi connectivity index (χ0n) is 16.7. The molecule has 8 heteroatoms. The Kier molecular flexibility index (Phi) is 7.00.